The topological polar surface area (TPSA) is 67.4 Å². The maximum Gasteiger partial charge on any atom is 0.211 e. The summed E-state index contributed by atoms with van der Waals surface area (Å²) in [6.07, 6.45) is 1.59. The molecule has 0 aliphatic carbocycles. The summed E-state index contributed by atoms with van der Waals surface area (Å²) in [5.41, 5.74) is 0. The molecule has 0 amide bonds. The maximum atomic E-state index is 11.7. The third kappa shape index (κ3) is 4.78. The van der Waals surface area contributed by atoms with Gasteiger partial charge in [0.2, 0.25) is 10.0 Å². The van der Waals surface area contributed by atoms with Crippen molar-refractivity contribution in [2.24, 2.45) is 5.92 Å². The van der Waals surface area contributed by atoms with Crippen LogP contribution in [0.1, 0.15) is 19.8 Å². The van der Waals surface area contributed by atoms with Crippen molar-refractivity contribution in [3.05, 3.63) is 0 Å². The Morgan fingerprint density at radius 3 is 2.88 bits per heavy atom. The Bertz CT molecular complexity index is 286. The number of ether oxygens (including phenoxy) is 1. The largest absolute Gasteiger partial charge is 0.385 e. The summed E-state index contributed by atoms with van der Waals surface area (Å²) in [5.74, 6) is 0.558. The fourth-order valence-electron chi connectivity index (χ4n) is 1.94. The standard InChI is InChI=1S/C10H22N2O3S/c1-9(10-4-5-11-8-10)12-16(13,14)7-3-6-15-2/h9-12H,3-8H2,1-2H3. The highest BCUT2D eigenvalue weighted by atomic mass is 32.2. The number of methoxy groups -OCH3 is 1. The molecule has 6 heteroatoms. The van der Waals surface area contributed by atoms with Gasteiger partial charge in [0, 0.05) is 19.8 Å². The zero-order chi connectivity index (χ0) is 12.0. The van der Waals surface area contributed by atoms with Crippen LogP contribution < -0.4 is 10.0 Å². The predicted molar refractivity (Wildman–Crippen MR) is 63.9 cm³/mol. The Kier molecular flexibility index (Phi) is 5.68. The van der Waals surface area contributed by atoms with E-state index >= 15 is 0 Å². The molecule has 0 spiro atoms. The molecule has 1 heterocycles. The lowest BCUT2D eigenvalue weighted by molar-refractivity contribution is 0.199. The first-order chi connectivity index (χ1) is 7.55. The Morgan fingerprint density at radius 1 is 1.56 bits per heavy atom. The molecule has 5 nitrogen and oxygen atoms in total. The van der Waals surface area contributed by atoms with Crippen LogP contribution in [0.2, 0.25) is 0 Å². The van der Waals surface area contributed by atoms with E-state index in [0.717, 1.165) is 19.5 Å². The molecule has 0 radical (unpaired) electrons. The lowest BCUT2D eigenvalue weighted by Gasteiger charge is -2.19. The molecule has 0 bridgehead atoms. The highest BCUT2D eigenvalue weighted by molar-refractivity contribution is 7.89. The van der Waals surface area contributed by atoms with Crippen LogP contribution in [-0.4, -0.2) is 47.0 Å². The number of hydrogen-bond donors (Lipinski definition) is 2. The molecule has 16 heavy (non-hydrogen) atoms. The first kappa shape index (κ1) is 13.9. The SMILES string of the molecule is COCCCS(=O)(=O)NC(C)C1CCNC1. The van der Waals surface area contributed by atoms with Crippen LogP contribution in [-0.2, 0) is 14.8 Å². The second-order valence-corrected chi connectivity index (χ2v) is 6.20. The van der Waals surface area contributed by atoms with Crippen molar-refractivity contribution >= 4 is 10.0 Å². The van der Waals surface area contributed by atoms with Crippen LogP contribution in [0.15, 0.2) is 0 Å². The van der Waals surface area contributed by atoms with Crippen LogP contribution in [0.5, 0.6) is 0 Å². The third-order valence-corrected chi connectivity index (χ3v) is 4.49. The first-order valence-corrected chi connectivity index (χ1v) is 7.40. The monoisotopic (exact) mass is 250 g/mol. The zero-order valence-electron chi connectivity index (χ0n) is 10.0. The van der Waals surface area contributed by atoms with Gasteiger partial charge in [-0.15, -0.1) is 0 Å². The van der Waals surface area contributed by atoms with Gasteiger partial charge < -0.3 is 10.1 Å². The Labute approximate surface area is 98.0 Å². The second-order valence-electron chi connectivity index (χ2n) is 4.32. The minimum atomic E-state index is -3.15. The molecule has 2 N–H and O–H groups in total. The quantitative estimate of drug-likeness (QED) is 0.621. The summed E-state index contributed by atoms with van der Waals surface area (Å²) in [5, 5.41) is 3.24. The normalized spacial score (nSPS) is 23.5. The molecule has 0 aromatic heterocycles. The van der Waals surface area contributed by atoms with Crippen LogP contribution in [0, 0.1) is 5.92 Å². The van der Waals surface area contributed by atoms with Crippen molar-refractivity contribution in [3.8, 4) is 0 Å². The summed E-state index contributed by atoms with van der Waals surface area (Å²) >= 11 is 0. The molecule has 1 aliphatic rings. The Balaban J connectivity index is 2.33. The van der Waals surface area contributed by atoms with Gasteiger partial charge in [0.15, 0.2) is 0 Å². The summed E-state index contributed by atoms with van der Waals surface area (Å²) in [4.78, 5) is 0. The zero-order valence-corrected chi connectivity index (χ0v) is 10.8. The average Bonchev–Trinajstić information content (AvgIpc) is 2.69. The summed E-state index contributed by atoms with van der Waals surface area (Å²) < 4.78 is 30.9. The Morgan fingerprint density at radius 2 is 2.31 bits per heavy atom. The maximum absolute atomic E-state index is 11.7. The molecule has 2 unspecified atom stereocenters. The summed E-state index contributed by atoms with van der Waals surface area (Å²) in [6, 6.07) is 0.0162. The van der Waals surface area contributed by atoms with Crippen LogP contribution in [0.25, 0.3) is 0 Å². The van der Waals surface area contributed by atoms with Gasteiger partial charge in [0.05, 0.1) is 5.75 Å². The summed E-state index contributed by atoms with van der Waals surface area (Å²) in [6.45, 7) is 4.31. The van der Waals surface area contributed by atoms with E-state index in [1.165, 1.54) is 0 Å². The molecule has 96 valence electrons. The molecule has 2 atom stereocenters. The third-order valence-electron chi connectivity index (χ3n) is 2.93. The van der Waals surface area contributed by atoms with E-state index in [4.69, 9.17) is 4.74 Å². The van der Waals surface area contributed by atoms with Crippen LogP contribution >= 0.6 is 0 Å². The van der Waals surface area contributed by atoms with Crippen molar-refractivity contribution in [2.75, 3.05) is 32.6 Å². The summed E-state index contributed by atoms with van der Waals surface area (Å²) in [7, 11) is -1.57. The van der Waals surface area contributed by atoms with E-state index in [1.54, 1.807) is 7.11 Å². The molecule has 1 aliphatic heterocycles. The first-order valence-electron chi connectivity index (χ1n) is 5.75. The highest BCUT2D eigenvalue weighted by Gasteiger charge is 2.24. The molecule has 0 aromatic carbocycles. The number of rotatable bonds is 7. The van der Waals surface area contributed by atoms with Crippen molar-refractivity contribution in [1.29, 1.82) is 0 Å². The molecular formula is C10H22N2O3S. The van der Waals surface area contributed by atoms with Gasteiger partial charge in [-0.1, -0.05) is 0 Å². The van der Waals surface area contributed by atoms with Gasteiger partial charge in [-0.25, -0.2) is 13.1 Å². The van der Waals surface area contributed by atoms with E-state index in [0.29, 0.717) is 18.9 Å². The van der Waals surface area contributed by atoms with Crippen LogP contribution in [0.4, 0.5) is 0 Å². The smallest absolute Gasteiger partial charge is 0.211 e. The lowest BCUT2D eigenvalue weighted by Crippen LogP contribution is -2.40. The van der Waals surface area contributed by atoms with E-state index in [9.17, 15) is 8.42 Å². The van der Waals surface area contributed by atoms with Gasteiger partial charge in [-0.3, -0.25) is 0 Å². The molecule has 1 fully saturated rings. The van der Waals surface area contributed by atoms with Gasteiger partial charge in [0.1, 0.15) is 0 Å². The predicted octanol–water partition coefficient (Wildman–Crippen LogP) is -0.0597. The molecule has 1 saturated heterocycles. The van der Waals surface area contributed by atoms with E-state index in [-0.39, 0.29) is 11.8 Å². The minimum absolute atomic E-state index is 0.0162. The van der Waals surface area contributed by atoms with E-state index in [1.807, 2.05) is 6.92 Å². The van der Waals surface area contributed by atoms with Gasteiger partial charge in [-0.2, -0.15) is 0 Å². The number of nitrogens with one attached hydrogen (secondary N) is 2. The molecule has 1 rings (SSSR count). The highest BCUT2D eigenvalue weighted by Crippen LogP contribution is 2.13. The van der Waals surface area contributed by atoms with Crippen LogP contribution in [0.3, 0.4) is 0 Å². The van der Waals surface area contributed by atoms with Gasteiger partial charge >= 0.3 is 0 Å². The molecule has 0 saturated carbocycles. The van der Waals surface area contributed by atoms with E-state index in [2.05, 4.69) is 10.0 Å². The van der Waals surface area contributed by atoms with E-state index < -0.39 is 10.0 Å². The van der Waals surface area contributed by atoms with Gasteiger partial charge in [-0.05, 0) is 38.8 Å². The Hall–Kier alpha value is -0.170. The molecule has 0 aromatic rings. The average molecular weight is 250 g/mol. The molecular weight excluding hydrogens is 228 g/mol. The fourth-order valence-corrected chi connectivity index (χ4v) is 3.31. The number of hydrogen-bond acceptors (Lipinski definition) is 4. The van der Waals surface area contributed by atoms with Crippen molar-refractivity contribution in [2.45, 2.75) is 25.8 Å². The number of sulfonamides is 1. The fraction of sp³-hybridized carbons (Fsp3) is 1.00. The van der Waals surface area contributed by atoms with Crippen molar-refractivity contribution < 1.29 is 13.2 Å². The van der Waals surface area contributed by atoms with Gasteiger partial charge in [0.25, 0.3) is 0 Å². The lowest BCUT2D eigenvalue weighted by atomic mass is 10.0. The second kappa shape index (κ2) is 6.54. The van der Waals surface area contributed by atoms with Crippen molar-refractivity contribution in [1.82, 2.24) is 10.0 Å². The van der Waals surface area contributed by atoms with Crippen molar-refractivity contribution in [3.63, 3.8) is 0 Å². The minimum Gasteiger partial charge on any atom is -0.385 e.